The van der Waals surface area contributed by atoms with Crippen LogP contribution < -0.4 is 0 Å². The Labute approximate surface area is 142 Å². The van der Waals surface area contributed by atoms with E-state index in [4.69, 9.17) is 46.4 Å². The van der Waals surface area contributed by atoms with Crippen LogP contribution in [0.4, 0.5) is 0 Å². The maximum Gasteiger partial charge on any atom is 0.107 e. The normalized spacial score (nSPS) is 11.5. The van der Waals surface area contributed by atoms with E-state index in [0.717, 1.165) is 51.4 Å². The number of alkyl halides is 4. The molecule has 0 aliphatic rings. The number of unbranched alkanes of at least 4 members (excludes halogenated alkanes) is 2. The van der Waals surface area contributed by atoms with Gasteiger partial charge in [-0.25, -0.2) is 0 Å². The minimum Gasteiger partial charge on any atom is -0.105 e. The van der Waals surface area contributed by atoms with Gasteiger partial charge in [0.2, 0.25) is 0 Å². The second-order valence-electron chi connectivity index (χ2n) is 5.04. The summed E-state index contributed by atoms with van der Waals surface area (Å²) in [6, 6.07) is 8.66. The molecule has 0 aliphatic carbocycles. The maximum atomic E-state index is 5.74. The van der Waals surface area contributed by atoms with Crippen molar-refractivity contribution < 1.29 is 0 Å². The number of hydrogen-bond acceptors (Lipinski definition) is 0. The van der Waals surface area contributed by atoms with Crippen LogP contribution in [0.1, 0.15) is 49.7 Å². The lowest BCUT2D eigenvalue weighted by Crippen LogP contribution is -1.97. The molecule has 1 rings (SSSR count). The van der Waals surface area contributed by atoms with Crippen molar-refractivity contribution >= 4 is 46.4 Å². The molecule has 0 radical (unpaired) electrons. The van der Waals surface area contributed by atoms with Gasteiger partial charge in [0.05, 0.1) is 0 Å². The van der Waals surface area contributed by atoms with Gasteiger partial charge in [0.25, 0.3) is 0 Å². The molecule has 1 aromatic carbocycles. The first kappa shape index (κ1) is 18.4. The van der Waals surface area contributed by atoms with E-state index in [1.165, 1.54) is 11.1 Å². The molecule has 0 aliphatic heterocycles. The quantitative estimate of drug-likeness (QED) is 0.322. The van der Waals surface area contributed by atoms with Crippen LogP contribution in [0.15, 0.2) is 24.3 Å². The van der Waals surface area contributed by atoms with Crippen LogP contribution in [-0.2, 0) is 12.8 Å². The highest BCUT2D eigenvalue weighted by Crippen LogP contribution is 2.19. The number of halogens is 4. The van der Waals surface area contributed by atoms with E-state index >= 15 is 0 Å². The second kappa shape index (κ2) is 11.0. The molecule has 0 amide bonds. The van der Waals surface area contributed by atoms with Crippen LogP contribution in [0.25, 0.3) is 0 Å². The zero-order valence-corrected chi connectivity index (χ0v) is 14.7. The molecule has 0 N–H and O–H groups in total. The first-order valence-corrected chi connectivity index (χ1v) is 8.97. The highest BCUT2D eigenvalue weighted by Gasteiger charge is 2.04. The lowest BCUT2D eigenvalue weighted by Gasteiger charge is -2.10. The molecule has 4 heteroatoms. The minimum absolute atomic E-state index is 0.232. The van der Waals surface area contributed by atoms with Gasteiger partial charge in [0.1, 0.15) is 9.67 Å². The molecule has 20 heavy (non-hydrogen) atoms. The van der Waals surface area contributed by atoms with Gasteiger partial charge >= 0.3 is 0 Å². The van der Waals surface area contributed by atoms with Crippen molar-refractivity contribution in [2.24, 2.45) is 0 Å². The molecule has 0 atom stereocenters. The van der Waals surface area contributed by atoms with Crippen molar-refractivity contribution in [3.05, 3.63) is 35.4 Å². The summed E-state index contributed by atoms with van der Waals surface area (Å²) in [7, 11) is 0. The molecule has 1 aromatic rings. The molecule has 0 heterocycles. The Balaban J connectivity index is 2.34. The maximum absolute atomic E-state index is 5.74. The van der Waals surface area contributed by atoms with Gasteiger partial charge < -0.3 is 0 Å². The van der Waals surface area contributed by atoms with Crippen molar-refractivity contribution in [3.63, 3.8) is 0 Å². The van der Waals surface area contributed by atoms with E-state index in [0.29, 0.717) is 0 Å². The second-order valence-corrected chi connectivity index (χ2v) is 7.60. The fourth-order valence-electron chi connectivity index (χ4n) is 2.27. The molecule has 0 aromatic heterocycles. The molecule has 0 unspecified atom stereocenters. The van der Waals surface area contributed by atoms with E-state index < -0.39 is 0 Å². The van der Waals surface area contributed by atoms with E-state index in [1.54, 1.807) is 0 Å². The third-order valence-electron chi connectivity index (χ3n) is 3.36. The monoisotopic (exact) mass is 354 g/mol. The van der Waals surface area contributed by atoms with Gasteiger partial charge in [-0.3, -0.25) is 0 Å². The highest BCUT2D eigenvalue weighted by molar-refractivity contribution is 6.44. The average Bonchev–Trinajstić information content (AvgIpc) is 2.40. The first-order chi connectivity index (χ1) is 9.59. The highest BCUT2D eigenvalue weighted by atomic mass is 35.5. The smallest absolute Gasteiger partial charge is 0.105 e. The summed E-state index contributed by atoms with van der Waals surface area (Å²) < 4.78 is 0. The minimum atomic E-state index is -0.232. The van der Waals surface area contributed by atoms with Crippen LogP contribution in [0, 0.1) is 0 Å². The Morgan fingerprint density at radius 1 is 0.650 bits per heavy atom. The zero-order chi connectivity index (χ0) is 14.8. The Morgan fingerprint density at radius 2 is 1.05 bits per heavy atom. The number of benzene rings is 1. The van der Waals surface area contributed by atoms with Crippen molar-refractivity contribution in [1.29, 1.82) is 0 Å². The summed E-state index contributed by atoms with van der Waals surface area (Å²) in [4.78, 5) is -0.464. The Kier molecular flexibility index (Phi) is 10.1. The van der Waals surface area contributed by atoms with Crippen LogP contribution >= 0.6 is 46.4 Å². The van der Waals surface area contributed by atoms with Gasteiger partial charge in [-0.15, -0.1) is 46.4 Å². The number of hydrogen-bond donors (Lipinski definition) is 0. The van der Waals surface area contributed by atoms with Crippen molar-refractivity contribution in [2.75, 3.05) is 0 Å². The number of aryl methyl sites for hydroxylation is 2. The fourth-order valence-corrected chi connectivity index (χ4v) is 2.89. The van der Waals surface area contributed by atoms with Gasteiger partial charge in [-0.05, 0) is 49.7 Å². The lowest BCUT2D eigenvalue weighted by molar-refractivity contribution is 0.684. The molecule has 0 saturated carbocycles. The topological polar surface area (TPSA) is 0 Å². The van der Waals surface area contributed by atoms with Crippen molar-refractivity contribution in [1.82, 2.24) is 0 Å². The SMILES string of the molecule is ClC(Cl)CCCCc1ccccc1CCCCC(Cl)Cl. The van der Waals surface area contributed by atoms with E-state index in [2.05, 4.69) is 24.3 Å². The summed E-state index contributed by atoms with van der Waals surface area (Å²) >= 11 is 23.0. The molecule has 114 valence electrons. The predicted molar refractivity (Wildman–Crippen MR) is 92.5 cm³/mol. The lowest BCUT2D eigenvalue weighted by atomic mass is 9.97. The zero-order valence-electron chi connectivity index (χ0n) is 11.6. The van der Waals surface area contributed by atoms with Gasteiger partial charge in [-0.2, -0.15) is 0 Å². The van der Waals surface area contributed by atoms with Crippen LogP contribution in [0.2, 0.25) is 0 Å². The molecular weight excluding hydrogens is 334 g/mol. The standard InChI is InChI=1S/C16H22Cl4/c17-15(18)11-5-3-9-13-7-1-2-8-14(13)10-4-6-12-16(19)20/h1-2,7-8,15-16H,3-6,9-12H2. The third kappa shape index (κ3) is 8.62. The van der Waals surface area contributed by atoms with Crippen LogP contribution in [0.5, 0.6) is 0 Å². The predicted octanol–water partition coefficient (Wildman–Crippen LogP) is 6.72. The summed E-state index contributed by atoms with van der Waals surface area (Å²) in [6.07, 6.45) is 8.37. The van der Waals surface area contributed by atoms with Gasteiger partial charge in [-0.1, -0.05) is 37.1 Å². The first-order valence-electron chi connectivity index (χ1n) is 7.22. The third-order valence-corrected chi connectivity index (χ3v) is 4.23. The van der Waals surface area contributed by atoms with E-state index in [-0.39, 0.29) is 9.67 Å². The molecule has 0 nitrogen and oxygen atoms in total. The number of rotatable bonds is 10. The summed E-state index contributed by atoms with van der Waals surface area (Å²) in [5.41, 5.74) is 2.89. The summed E-state index contributed by atoms with van der Waals surface area (Å²) in [5.74, 6) is 0. The molecule has 0 spiro atoms. The largest absolute Gasteiger partial charge is 0.107 e. The molecule has 0 fully saturated rings. The molecule has 0 bridgehead atoms. The van der Waals surface area contributed by atoms with Gasteiger partial charge in [0.15, 0.2) is 0 Å². The molecule has 0 saturated heterocycles. The van der Waals surface area contributed by atoms with Gasteiger partial charge in [0, 0.05) is 0 Å². The Hall–Kier alpha value is 0.380. The summed E-state index contributed by atoms with van der Waals surface area (Å²) in [5, 5.41) is 0. The molecular formula is C16H22Cl4. The van der Waals surface area contributed by atoms with Crippen LogP contribution in [-0.4, -0.2) is 9.67 Å². The Bertz CT molecular complexity index is 328. The van der Waals surface area contributed by atoms with E-state index in [9.17, 15) is 0 Å². The van der Waals surface area contributed by atoms with Crippen molar-refractivity contribution in [3.8, 4) is 0 Å². The summed E-state index contributed by atoms with van der Waals surface area (Å²) in [6.45, 7) is 0. The Morgan fingerprint density at radius 3 is 1.40 bits per heavy atom. The van der Waals surface area contributed by atoms with E-state index in [1.807, 2.05) is 0 Å². The fraction of sp³-hybridized carbons (Fsp3) is 0.625. The average molecular weight is 356 g/mol. The van der Waals surface area contributed by atoms with Crippen LogP contribution in [0.3, 0.4) is 0 Å². The van der Waals surface area contributed by atoms with Crippen molar-refractivity contribution in [2.45, 2.75) is 61.0 Å².